The fraction of sp³-hybridized carbons (Fsp3) is 0.308. The number of anilines is 2. The zero-order valence-corrected chi connectivity index (χ0v) is 9.99. The molecule has 4 nitrogen and oxygen atoms in total. The lowest BCUT2D eigenvalue weighted by Crippen LogP contribution is -2.18. The Hall–Kier alpha value is -1.97. The van der Waals surface area contributed by atoms with E-state index < -0.39 is 5.63 Å². The highest BCUT2D eigenvalue weighted by molar-refractivity contribution is 5.95. The van der Waals surface area contributed by atoms with Crippen LogP contribution in [-0.2, 0) is 0 Å². The van der Waals surface area contributed by atoms with Gasteiger partial charge < -0.3 is 15.5 Å². The molecule has 4 heteroatoms. The molecule has 0 spiro atoms. The van der Waals surface area contributed by atoms with Gasteiger partial charge in [-0.2, -0.15) is 0 Å². The maximum atomic E-state index is 11.6. The van der Waals surface area contributed by atoms with Gasteiger partial charge in [0.15, 0.2) is 0 Å². The summed E-state index contributed by atoms with van der Waals surface area (Å²) in [6, 6.07) is 7.62. The summed E-state index contributed by atoms with van der Waals surface area (Å²) in [6.45, 7) is 4.12. The standard InChI is InChI=1S/C13H16N2O2/c1-3-8(2)15-12-9-6-4-5-7-10(9)17-13(16)11(12)14/h4-8,15H,3,14H2,1-2H3/t8-/m0/s1. The quantitative estimate of drug-likeness (QED) is 0.798. The van der Waals surface area contributed by atoms with Crippen LogP contribution in [0.3, 0.4) is 0 Å². The maximum absolute atomic E-state index is 11.6. The summed E-state index contributed by atoms with van der Waals surface area (Å²) in [7, 11) is 0. The van der Waals surface area contributed by atoms with E-state index in [-0.39, 0.29) is 11.7 Å². The van der Waals surface area contributed by atoms with Crippen molar-refractivity contribution >= 4 is 22.3 Å². The Morgan fingerprint density at radius 3 is 2.82 bits per heavy atom. The molecule has 90 valence electrons. The summed E-state index contributed by atoms with van der Waals surface area (Å²) < 4.78 is 5.13. The first kappa shape index (κ1) is 11.5. The normalized spacial score (nSPS) is 12.6. The summed E-state index contributed by atoms with van der Waals surface area (Å²) >= 11 is 0. The molecule has 0 bridgehead atoms. The molecule has 0 amide bonds. The van der Waals surface area contributed by atoms with Crippen LogP contribution in [0, 0.1) is 0 Å². The van der Waals surface area contributed by atoms with Crippen molar-refractivity contribution in [2.24, 2.45) is 0 Å². The molecular weight excluding hydrogens is 216 g/mol. The van der Waals surface area contributed by atoms with E-state index in [1.165, 1.54) is 0 Å². The lowest BCUT2D eigenvalue weighted by molar-refractivity contribution is 0.564. The van der Waals surface area contributed by atoms with Crippen molar-refractivity contribution in [3.05, 3.63) is 34.7 Å². The highest BCUT2D eigenvalue weighted by atomic mass is 16.4. The molecular formula is C13H16N2O2. The molecule has 0 saturated heterocycles. The molecule has 0 radical (unpaired) electrons. The van der Waals surface area contributed by atoms with Gasteiger partial charge in [-0.25, -0.2) is 4.79 Å². The van der Waals surface area contributed by atoms with E-state index >= 15 is 0 Å². The summed E-state index contributed by atoms with van der Waals surface area (Å²) in [6.07, 6.45) is 0.952. The predicted octanol–water partition coefficient (Wildman–Crippen LogP) is 2.59. The number of hydrogen-bond donors (Lipinski definition) is 2. The van der Waals surface area contributed by atoms with Crippen molar-refractivity contribution in [3.63, 3.8) is 0 Å². The van der Waals surface area contributed by atoms with E-state index in [2.05, 4.69) is 12.2 Å². The first-order valence-corrected chi connectivity index (χ1v) is 5.71. The number of nitrogen functional groups attached to an aromatic ring is 1. The third kappa shape index (κ3) is 2.11. The first-order chi connectivity index (χ1) is 8.13. The van der Waals surface area contributed by atoms with Crippen molar-refractivity contribution < 1.29 is 4.42 Å². The zero-order chi connectivity index (χ0) is 12.4. The molecule has 0 unspecified atom stereocenters. The van der Waals surface area contributed by atoms with Crippen LogP contribution in [0.5, 0.6) is 0 Å². The van der Waals surface area contributed by atoms with E-state index in [0.717, 1.165) is 11.8 Å². The molecule has 0 aliphatic carbocycles. The first-order valence-electron chi connectivity index (χ1n) is 5.71. The Morgan fingerprint density at radius 1 is 1.41 bits per heavy atom. The molecule has 0 saturated carbocycles. The predicted molar refractivity (Wildman–Crippen MR) is 70.3 cm³/mol. The second kappa shape index (κ2) is 4.49. The third-order valence-electron chi connectivity index (χ3n) is 2.85. The van der Waals surface area contributed by atoms with Crippen LogP contribution in [-0.4, -0.2) is 6.04 Å². The summed E-state index contributed by atoms with van der Waals surface area (Å²) in [5.41, 5.74) is 6.66. The minimum absolute atomic E-state index is 0.143. The van der Waals surface area contributed by atoms with Gasteiger partial charge in [0.05, 0.1) is 5.69 Å². The molecule has 0 aliphatic rings. The van der Waals surface area contributed by atoms with Crippen molar-refractivity contribution in [1.29, 1.82) is 0 Å². The summed E-state index contributed by atoms with van der Waals surface area (Å²) in [5, 5.41) is 4.10. The molecule has 1 heterocycles. The van der Waals surface area contributed by atoms with Gasteiger partial charge in [-0.15, -0.1) is 0 Å². The molecule has 0 fully saturated rings. The van der Waals surface area contributed by atoms with Gasteiger partial charge in [-0.3, -0.25) is 0 Å². The van der Waals surface area contributed by atoms with Crippen LogP contribution in [0.15, 0.2) is 33.5 Å². The fourth-order valence-corrected chi connectivity index (χ4v) is 1.67. The maximum Gasteiger partial charge on any atom is 0.361 e. The van der Waals surface area contributed by atoms with E-state index in [9.17, 15) is 4.79 Å². The SMILES string of the molecule is CC[C@H](C)Nc1c(N)c(=O)oc2ccccc12. The van der Waals surface area contributed by atoms with Crippen molar-refractivity contribution in [1.82, 2.24) is 0 Å². The number of hydrogen-bond acceptors (Lipinski definition) is 4. The Balaban J connectivity index is 2.65. The van der Waals surface area contributed by atoms with Gasteiger partial charge in [-0.05, 0) is 25.5 Å². The highest BCUT2D eigenvalue weighted by Crippen LogP contribution is 2.27. The number of rotatable bonds is 3. The Bertz CT molecular complexity index is 589. The minimum atomic E-state index is -0.491. The number of benzene rings is 1. The van der Waals surface area contributed by atoms with Gasteiger partial charge >= 0.3 is 5.63 Å². The molecule has 2 aromatic rings. The van der Waals surface area contributed by atoms with Gasteiger partial charge in [0.2, 0.25) is 0 Å². The van der Waals surface area contributed by atoms with Crippen LogP contribution < -0.4 is 16.7 Å². The molecule has 2 rings (SSSR count). The Labute approximate surface area is 99.4 Å². The zero-order valence-electron chi connectivity index (χ0n) is 9.99. The van der Waals surface area contributed by atoms with E-state index in [1.54, 1.807) is 6.07 Å². The van der Waals surface area contributed by atoms with Crippen molar-refractivity contribution in [3.8, 4) is 0 Å². The number of para-hydroxylation sites is 1. The fourth-order valence-electron chi connectivity index (χ4n) is 1.67. The van der Waals surface area contributed by atoms with Crippen LogP contribution in [0.1, 0.15) is 20.3 Å². The second-order valence-electron chi connectivity index (χ2n) is 4.13. The second-order valence-corrected chi connectivity index (χ2v) is 4.13. The average molecular weight is 232 g/mol. The van der Waals surface area contributed by atoms with Gasteiger partial charge in [0.25, 0.3) is 0 Å². The largest absolute Gasteiger partial charge is 0.421 e. The molecule has 1 aromatic heterocycles. The monoisotopic (exact) mass is 232 g/mol. The molecule has 3 N–H and O–H groups in total. The molecule has 0 aliphatic heterocycles. The smallest absolute Gasteiger partial charge is 0.361 e. The third-order valence-corrected chi connectivity index (χ3v) is 2.85. The topological polar surface area (TPSA) is 68.3 Å². The van der Waals surface area contributed by atoms with Crippen LogP contribution >= 0.6 is 0 Å². The van der Waals surface area contributed by atoms with Gasteiger partial charge in [0, 0.05) is 11.4 Å². The van der Waals surface area contributed by atoms with Gasteiger partial charge in [-0.1, -0.05) is 19.1 Å². The van der Waals surface area contributed by atoms with E-state index in [1.807, 2.05) is 25.1 Å². The van der Waals surface area contributed by atoms with Crippen LogP contribution in [0.2, 0.25) is 0 Å². The van der Waals surface area contributed by atoms with Gasteiger partial charge in [0.1, 0.15) is 11.3 Å². The summed E-state index contributed by atoms with van der Waals surface area (Å²) in [5.74, 6) is 0. The lowest BCUT2D eigenvalue weighted by Gasteiger charge is -2.16. The molecule has 1 aromatic carbocycles. The van der Waals surface area contributed by atoms with E-state index in [0.29, 0.717) is 11.3 Å². The molecule has 17 heavy (non-hydrogen) atoms. The van der Waals surface area contributed by atoms with E-state index in [4.69, 9.17) is 10.2 Å². The number of nitrogens with two attached hydrogens (primary N) is 1. The Morgan fingerprint density at radius 2 is 2.12 bits per heavy atom. The summed E-state index contributed by atoms with van der Waals surface area (Å²) in [4.78, 5) is 11.6. The van der Waals surface area contributed by atoms with Crippen molar-refractivity contribution in [2.45, 2.75) is 26.3 Å². The number of nitrogens with one attached hydrogen (secondary N) is 1. The highest BCUT2D eigenvalue weighted by Gasteiger charge is 2.12. The van der Waals surface area contributed by atoms with Crippen molar-refractivity contribution in [2.75, 3.05) is 11.1 Å². The average Bonchev–Trinajstić information content (AvgIpc) is 2.34. The number of fused-ring (bicyclic) bond motifs is 1. The Kier molecular flexibility index (Phi) is 3.04. The lowest BCUT2D eigenvalue weighted by atomic mass is 10.1. The van der Waals surface area contributed by atoms with Crippen LogP contribution in [0.25, 0.3) is 11.0 Å². The molecule has 1 atom stereocenters. The minimum Gasteiger partial charge on any atom is -0.421 e. The van der Waals surface area contributed by atoms with Crippen LogP contribution in [0.4, 0.5) is 11.4 Å².